The fourth-order valence-electron chi connectivity index (χ4n) is 3.33. The van der Waals surface area contributed by atoms with E-state index in [-0.39, 0.29) is 11.7 Å². The molecule has 1 unspecified atom stereocenters. The van der Waals surface area contributed by atoms with Crippen LogP contribution in [0.5, 0.6) is 5.75 Å². The molecule has 3 nitrogen and oxygen atoms in total. The van der Waals surface area contributed by atoms with Crippen molar-refractivity contribution >= 4 is 28.3 Å². The molecule has 0 fully saturated rings. The van der Waals surface area contributed by atoms with Crippen molar-refractivity contribution in [1.29, 1.82) is 0 Å². The van der Waals surface area contributed by atoms with Crippen molar-refractivity contribution in [3.63, 3.8) is 0 Å². The monoisotopic (exact) mass is 311 g/mol. The van der Waals surface area contributed by atoms with Crippen LogP contribution in [0.25, 0.3) is 10.9 Å². The van der Waals surface area contributed by atoms with E-state index in [1.807, 2.05) is 42.6 Å². The van der Waals surface area contributed by atoms with Crippen molar-refractivity contribution < 1.29 is 9.53 Å². The summed E-state index contributed by atoms with van der Waals surface area (Å²) in [6, 6.07) is 11.5. The third-order valence-electron chi connectivity index (χ3n) is 4.39. The van der Waals surface area contributed by atoms with Gasteiger partial charge in [0.15, 0.2) is 5.78 Å². The van der Waals surface area contributed by atoms with E-state index in [0.717, 1.165) is 27.6 Å². The second-order valence-corrected chi connectivity index (χ2v) is 5.95. The Bertz CT molecular complexity index is 897. The van der Waals surface area contributed by atoms with Crippen molar-refractivity contribution in [1.82, 2.24) is 4.98 Å². The number of nitrogens with one attached hydrogen (secondary N) is 1. The van der Waals surface area contributed by atoms with Crippen molar-refractivity contribution in [2.24, 2.45) is 0 Å². The molecule has 1 aliphatic carbocycles. The Balaban J connectivity index is 1.90. The van der Waals surface area contributed by atoms with Crippen LogP contribution >= 0.6 is 11.6 Å². The molecule has 0 spiro atoms. The Kier molecular flexibility index (Phi) is 2.98. The van der Waals surface area contributed by atoms with Crippen LogP contribution in [-0.2, 0) is 0 Å². The summed E-state index contributed by atoms with van der Waals surface area (Å²) in [5.41, 5.74) is 3.88. The van der Waals surface area contributed by atoms with Gasteiger partial charge in [0.1, 0.15) is 5.75 Å². The number of hydrogen-bond donors (Lipinski definition) is 1. The molecular formula is C18H14ClNO2. The summed E-state index contributed by atoms with van der Waals surface area (Å²) < 4.78 is 5.22. The molecule has 0 amide bonds. The van der Waals surface area contributed by atoms with Crippen molar-refractivity contribution in [2.45, 2.75) is 12.3 Å². The van der Waals surface area contributed by atoms with Crippen LogP contribution in [-0.4, -0.2) is 17.9 Å². The molecule has 1 N–H and O–H groups in total. The largest absolute Gasteiger partial charge is 0.497 e. The van der Waals surface area contributed by atoms with E-state index in [1.165, 1.54) is 0 Å². The van der Waals surface area contributed by atoms with Crippen molar-refractivity contribution in [3.05, 3.63) is 64.3 Å². The lowest BCUT2D eigenvalue weighted by Gasteiger charge is -2.11. The molecule has 1 atom stereocenters. The lowest BCUT2D eigenvalue weighted by Crippen LogP contribution is -1.96. The minimum Gasteiger partial charge on any atom is -0.497 e. The summed E-state index contributed by atoms with van der Waals surface area (Å²) in [5, 5.41) is 1.72. The molecule has 2 aromatic carbocycles. The number of halogens is 1. The number of methoxy groups -OCH3 is 1. The second kappa shape index (κ2) is 4.89. The number of rotatable bonds is 2. The van der Waals surface area contributed by atoms with Gasteiger partial charge in [0.05, 0.1) is 12.1 Å². The number of ether oxygens (including phenoxy) is 1. The van der Waals surface area contributed by atoms with Gasteiger partial charge in [-0.15, -0.1) is 0 Å². The first-order valence-corrected chi connectivity index (χ1v) is 7.53. The smallest absolute Gasteiger partial charge is 0.164 e. The quantitative estimate of drug-likeness (QED) is 0.754. The number of carbonyl (C=O) groups is 1. The van der Waals surface area contributed by atoms with Crippen LogP contribution in [0, 0.1) is 0 Å². The van der Waals surface area contributed by atoms with E-state index in [9.17, 15) is 4.79 Å². The maximum Gasteiger partial charge on any atom is 0.164 e. The van der Waals surface area contributed by atoms with E-state index in [4.69, 9.17) is 16.3 Å². The second-order valence-electron chi connectivity index (χ2n) is 5.54. The number of hydrogen-bond acceptors (Lipinski definition) is 2. The van der Waals surface area contributed by atoms with E-state index in [1.54, 1.807) is 7.11 Å². The molecular weight excluding hydrogens is 298 g/mol. The first-order chi connectivity index (χ1) is 10.7. The van der Waals surface area contributed by atoms with Gasteiger partial charge in [-0.2, -0.15) is 0 Å². The highest BCUT2D eigenvalue weighted by Crippen LogP contribution is 2.43. The fraction of sp³-hybridized carbons (Fsp3) is 0.167. The predicted molar refractivity (Wildman–Crippen MR) is 87.1 cm³/mol. The van der Waals surface area contributed by atoms with Crippen LogP contribution in [0.4, 0.5) is 0 Å². The Labute approximate surface area is 132 Å². The van der Waals surface area contributed by atoms with Gasteiger partial charge in [0.25, 0.3) is 0 Å². The highest BCUT2D eigenvalue weighted by molar-refractivity contribution is 6.35. The SMILES string of the molecule is COc1ccc2c(c1)C(=O)CC2c1c[nH]c2cccc(Cl)c12. The van der Waals surface area contributed by atoms with Crippen LogP contribution in [0.3, 0.4) is 0 Å². The number of H-pyrrole nitrogens is 1. The molecule has 1 aliphatic rings. The molecule has 1 heterocycles. The topological polar surface area (TPSA) is 42.1 Å². The van der Waals surface area contributed by atoms with Gasteiger partial charge >= 0.3 is 0 Å². The molecule has 0 bridgehead atoms. The lowest BCUT2D eigenvalue weighted by molar-refractivity contribution is 0.0991. The minimum atomic E-state index is 0.0436. The number of fused-ring (bicyclic) bond motifs is 2. The third kappa shape index (κ3) is 1.86. The fourth-order valence-corrected chi connectivity index (χ4v) is 3.61. The highest BCUT2D eigenvalue weighted by Gasteiger charge is 2.32. The molecule has 4 heteroatoms. The molecule has 3 aromatic rings. The molecule has 4 rings (SSSR count). The normalized spacial score (nSPS) is 17.0. The molecule has 1 aromatic heterocycles. The lowest BCUT2D eigenvalue weighted by atomic mass is 9.92. The third-order valence-corrected chi connectivity index (χ3v) is 4.70. The molecule has 110 valence electrons. The standard InChI is InChI=1S/C18H14ClNO2/c1-22-10-5-6-11-12(8-17(21)13(11)7-10)14-9-20-16-4-2-3-15(19)18(14)16/h2-7,9,12,20H,8H2,1H3. The Hall–Kier alpha value is -2.26. The van der Waals surface area contributed by atoms with Crippen LogP contribution < -0.4 is 4.74 Å². The number of benzene rings is 2. The summed E-state index contributed by atoms with van der Waals surface area (Å²) in [6.07, 6.45) is 2.44. The first kappa shape index (κ1) is 13.4. The Morgan fingerprint density at radius 3 is 2.91 bits per heavy atom. The van der Waals surface area contributed by atoms with Crippen LogP contribution in [0.1, 0.15) is 33.8 Å². The summed E-state index contributed by atoms with van der Waals surface area (Å²) >= 11 is 6.37. The van der Waals surface area contributed by atoms with Gasteiger partial charge in [-0.05, 0) is 35.4 Å². The van der Waals surface area contributed by atoms with E-state index >= 15 is 0 Å². The summed E-state index contributed by atoms with van der Waals surface area (Å²) in [7, 11) is 1.61. The molecule has 0 radical (unpaired) electrons. The maximum absolute atomic E-state index is 12.4. The average Bonchev–Trinajstić information content (AvgIpc) is 3.09. The number of aromatic nitrogens is 1. The zero-order valence-corrected chi connectivity index (χ0v) is 12.8. The molecule has 0 saturated carbocycles. The van der Waals surface area contributed by atoms with Crippen molar-refractivity contribution in [3.8, 4) is 5.75 Å². The van der Waals surface area contributed by atoms with E-state index in [0.29, 0.717) is 17.2 Å². The average molecular weight is 312 g/mol. The zero-order valence-electron chi connectivity index (χ0n) is 12.0. The van der Waals surface area contributed by atoms with Crippen LogP contribution in [0.15, 0.2) is 42.6 Å². The number of aromatic amines is 1. The van der Waals surface area contributed by atoms with Gasteiger partial charge < -0.3 is 9.72 Å². The molecule has 0 saturated heterocycles. The molecule has 0 aliphatic heterocycles. The van der Waals surface area contributed by atoms with Gasteiger partial charge in [-0.1, -0.05) is 23.7 Å². The predicted octanol–water partition coefficient (Wildman–Crippen LogP) is 4.55. The zero-order chi connectivity index (χ0) is 15.3. The number of ketones is 1. The number of Topliss-reactive ketones (excluding diaryl/α,β-unsaturated/α-hetero) is 1. The minimum absolute atomic E-state index is 0.0436. The highest BCUT2D eigenvalue weighted by atomic mass is 35.5. The summed E-state index contributed by atoms with van der Waals surface area (Å²) in [4.78, 5) is 15.6. The number of carbonyl (C=O) groups excluding carboxylic acids is 1. The Morgan fingerprint density at radius 1 is 1.23 bits per heavy atom. The van der Waals surface area contributed by atoms with E-state index < -0.39 is 0 Å². The maximum atomic E-state index is 12.4. The van der Waals surface area contributed by atoms with Gasteiger partial charge in [-0.25, -0.2) is 0 Å². The Morgan fingerprint density at radius 2 is 2.09 bits per heavy atom. The van der Waals surface area contributed by atoms with Crippen LogP contribution in [0.2, 0.25) is 5.02 Å². The first-order valence-electron chi connectivity index (χ1n) is 7.15. The molecule has 22 heavy (non-hydrogen) atoms. The summed E-state index contributed by atoms with van der Waals surface area (Å²) in [5.74, 6) is 0.909. The van der Waals surface area contributed by atoms with Gasteiger partial charge in [0.2, 0.25) is 0 Å². The van der Waals surface area contributed by atoms with Gasteiger partial charge in [0, 0.05) is 35.0 Å². The van der Waals surface area contributed by atoms with Gasteiger partial charge in [-0.3, -0.25) is 4.79 Å². The summed E-state index contributed by atoms with van der Waals surface area (Å²) in [6.45, 7) is 0. The van der Waals surface area contributed by atoms with E-state index in [2.05, 4.69) is 4.98 Å². The van der Waals surface area contributed by atoms with Crippen molar-refractivity contribution in [2.75, 3.05) is 7.11 Å².